The topological polar surface area (TPSA) is 62.4 Å². The fourth-order valence-electron chi connectivity index (χ4n) is 2.16. The zero-order chi connectivity index (χ0) is 18.4. The lowest BCUT2D eigenvalue weighted by Gasteiger charge is -2.18. The molecule has 0 amide bonds. The van der Waals surface area contributed by atoms with Crippen LogP contribution in [0.25, 0.3) is 0 Å². The summed E-state index contributed by atoms with van der Waals surface area (Å²) in [5.74, 6) is -0.612. The lowest BCUT2D eigenvalue weighted by atomic mass is 10.1. The van der Waals surface area contributed by atoms with Gasteiger partial charge in [0.15, 0.2) is 0 Å². The monoisotopic (exact) mass is 355 g/mol. The van der Waals surface area contributed by atoms with Gasteiger partial charge in [-0.3, -0.25) is 9.98 Å². The van der Waals surface area contributed by atoms with E-state index in [1.54, 1.807) is 35.6 Å². The molecule has 0 bridgehead atoms. The predicted molar refractivity (Wildman–Crippen MR) is 95.5 cm³/mol. The zero-order valence-corrected chi connectivity index (χ0v) is 13.7. The molecule has 0 radical (unpaired) electrons. The number of hydrazone groups is 1. The van der Waals surface area contributed by atoms with Gasteiger partial charge in [-0.15, -0.1) is 0 Å². The van der Waals surface area contributed by atoms with Gasteiger partial charge in [0.2, 0.25) is 5.95 Å². The molecule has 3 rings (SSSR count). The Labute approximate surface area is 148 Å². The number of halogens is 2. The molecule has 1 aromatic carbocycles. The Balaban J connectivity index is 1.71. The van der Waals surface area contributed by atoms with Crippen LogP contribution >= 0.6 is 0 Å². The average Bonchev–Trinajstić information content (AvgIpc) is 2.66. The molecule has 132 valence electrons. The van der Waals surface area contributed by atoms with Gasteiger partial charge < -0.3 is 4.74 Å². The number of pyridine rings is 1. The average molecular weight is 355 g/mol. The second-order valence-corrected chi connectivity index (χ2v) is 5.27. The summed E-state index contributed by atoms with van der Waals surface area (Å²) >= 11 is 0. The number of ether oxygens (including phenoxy) is 1. The quantitative estimate of drug-likeness (QED) is 0.591. The van der Waals surface area contributed by atoms with E-state index in [1.165, 1.54) is 24.4 Å². The standard InChI is InChI=1S/C18H15F2N5O/c1-21-15(11-26-16-6-7-23-18(20)8-16)10-25-12-22-9-17(24-25)13-2-4-14(19)5-3-13/h2-10H,1,11-12H2/b15-10-. The molecule has 1 aromatic heterocycles. The summed E-state index contributed by atoms with van der Waals surface area (Å²) in [6.07, 6.45) is 4.56. The summed E-state index contributed by atoms with van der Waals surface area (Å²) in [6, 6.07) is 8.69. The van der Waals surface area contributed by atoms with Crippen molar-refractivity contribution in [3.8, 4) is 5.75 Å². The van der Waals surface area contributed by atoms with Crippen LogP contribution in [0.1, 0.15) is 5.56 Å². The number of hydrogen-bond acceptors (Lipinski definition) is 6. The highest BCUT2D eigenvalue weighted by molar-refractivity contribution is 6.38. The van der Waals surface area contributed by atoms with Gasteiger partial charge in [-0.05, 0) is 37.0 Å². The predicted octanol–water partition coefficient (Wildman–Crippen LogP) is 3.03. The molecule has 0 unspecified atom stereocenters. The molecule has 0 saturated carbocycles. The molecule has 1 aliphatic heterocycles. The van der Waals surface area contributed by atoms with Gasteiger partial charge in [-0.25, -0.2) is 14.4 Å². The lowest BCUT2D eigenvalue weighted by Crippen LogP contribution is -2.21. The first-order chi connectivity index (χ1) is 12.6. The molecule has 6 nitrogen and oxygen atoms in total. The fraction of sp³-hybridized carbons (Fsp3) is 0.111. The van der Waals surface area contributed by atoms with Gasteiger partial charge in [0.05, 0.1) is 18.1 Å². The van der Waals surface area contributed by atoms with Crippen molar-refractivity contribution in [3.05, 3.63) is 71.8 Å². The molecule has 0 N–H and O–H groups in total. The van der Waals surface area contributed by atoms with E-state index < -0.39 is 5.95 Å². The van der Waals surface area contributed by atoms with Crippen LogP contribution in [0.2, 0.25) is 0 Å². The third kappa shape index (κ3) is 4.56. The summed E-state index contributed by atoms with van der Waals surface area (Å²) in [7, 11) is 0. The maximum Gasteiger partial charge on any atom is 0.216 e. The lowest BCUT2D eigenvalue weighted by molar-refractivity contribution is 0.337. The molecule has 0 saturated heterocycles. The highest BCUT2D eigenvalue weighted by Crippen LogP contribution is 2.13. The van der Waals surface area contributed by atoms with Gasteiger partial charge in [-0.1, -0.05) is 0 Å². The molecular formula is C18H15F2N5O. The minimum Gasteiger partial charge on any atom is -0.487 e. The number of aliphatic imine (C=N–C) groups is 2. The minimum absolute atomic E-state index is 0.0779. The maximum absolute atomic E-state index is 13.1. The Bertz CT molecular complexity index is 877. The fourth-order valence-corrected chi connectivity index (χ4v) is 2.16. The number of benzene rings is 1. The summed E-state index contributed by atoms with van der Waals surface area (Å²) in [5.41, 5.74) is 1.82. The molecule has 0 spiro atoms. The van der Waals surface area contributed by atoms with Crippen molar-refractivity contribution in [2.45, 2.75) is 0 Å². The van der Waals surface area contributed by atoms with Crippen LogP contribution in [0, 0.1) is 11.8 Å². The van der Waals surface area contributed by atoms with Gasteiger partial charge in [0, 0.05) is 17.8 Å². The van der Waals surface area contributed by atoms with E-state index in [4.69, 9.17) is 4.74 Å². The number of aromatic nitrogens is 1. The Kier molecular flexibility index (Phi) is 5.43. The number of rotatable bonds is 6. The summed E-state index contributed by atoms with van der Waals surface area (Å²) in [4.78, 5) is 11.6. The largest absolute Gasteiger partial charge is 0.487 e. The van der Waals surface area contributed by atoms with Crippen LogP contribution in [0.4, 0.5) is 8.78 Å². The SMILES string of the molecule is C=N/C(=C\N1CN=CC(c2ccc(F)cc2)=N1)COc1ccnc(F)c1. The van der Waals surface area contributed by atoms with Crippen LogP contribution in [0.5, 0.6) is 5.75 Å². The number of hydrogen-bond donors (Lipinski definition) is 0. The molecule has 1 aliphatic rings. The van der Waals surface area contributed by atoms with Gasteiger partial charge >= 0.3 is 0 Å². The summed E-state index contributed by atoms with van der Waals surface area (Å²) < 4.78 is 31.6. The van der Waals surface area contributed by atoms with Crippen LogP contribution in [-0.2, 0) is 0 Å². The third-order valence-corrected chi connectivity index (χ3v) is 3.40. The summed E-state index contributed by atoms with van der Waals surface area (Å²) in [6.45, 7) is 3.88. The van der Waals surface area contributed by atoms with Gasteiger partial charge in [0.1, 0.15) is 30.6 Å². The van der Waals surface area contributed by atoms with E-state index in [9.17, 15) is 8.78 Å². The van der Waals surface area contributed by atoms with Crippen molar-refractivity contribution >= 4 is 18.6 Å². The Morgan fingerprint density at radius 2 is 2.08 bits per heavy atom. The van der Waals surface area contributed by atoms with E-state index in [0.717, 1.165) is 5.56 Å². The van der Waals surface area contributed by atoms with E-state index in [-0.39, 0.29) is 12.4 Å². The Morgan fingerprint density at radius 3 is 2.81 bits per heavy atom. The molecular weight excluding hydrogens is 340 g/mol. The van der Waals surface area contributed by atoms with E-state index in [0.29, 0.717) is 23.8 Å². The third-order valence-electron chi connectivity index (χ3n) is 3.40. The highest BCUT2D eigenvalue weighted by atomic mass is 19.1. The van der Waals surface area contributed by atoms with Gasteiger partial charge in [0.25, 0.3) is 0 Å². The molecule has 26 heavy (non-hydrogen) atoms. The maximum atomic E-state index is 13.1. The molecule has 2 aromatic rings. The van der Waals surface area contributed by atoms with E-state index >= 15 is 0 Å². The van der Waals surface area contributed by atoms with Gasteiger partial charge in [-0.2, -0.15) is 9.49 Å². The first-order valence-electron chi connectivity index (χ1n) is 7.67. The zero-order valence-electron chi connectivity index (χ0n) is 13.7. The van der Waals surface area contributed by atoms with Crippen LogP contribution in [0.15, 0.2) is 69.6 Å². The van der Waals surface area contributed by atoms with Crippen molar-refractivity contribution in [1.29, 1.82) is 0 Å². The van der Waals surface area contributed by atoms with E-state index in [1.807, 2.05) is 0 Å². The highest BCUT2D eigenvalue weighted by Gasteiger charge is 2.10. The van der Waals surface area contributed by atoms with Crippen LogP contribution in [0.3, 0.4) is 0 Å². The molecule has 0 fully saturated rings. The number of nitrogens with zero attached hydrogens (tertiary/aromatic N) is 5. The molecule has 0 aliphatic carbocycles. The molecule has 2 heterocycles. The molecule has 0 atom stereocenters. The summed E-state index contributed by atoms with van der Waals surface area (Å²) in [5, 5.41) is 6.00. The minimum atomic E-state index is -0.626. The van der Waals surface area contributed by atoms with Crippen molar-refractivity contribution in [3.63, 3.8) is 0 Å². The van der Waals surface area contributed by atoms with Crippen molar-refractivity contribution in [2.24, 2.45) is 15.1 Å². The van der Waals surface area contributed by atoms with Crippen molar-refractivity contribution < 1.29 is 13.5 Å². The van der Waals surface area contributed by atoms with E-state index in [2.05, 4.69) is 26.8 Å². The first-order valence-corrected chi connectivity index (χ1v) is 7.67. The Hall–Kier alpha value is -3.42. The normalized spacial score (nSPS) is 14.2. The van der Waals surface area contributed by atoms with Crippen molar-refractivity contribution in [1.82, 2.24) is 9.99 Å². The van der Waals surface area contributed by atoms with Crippen LogP contribution < -0.4 is 4.74 Å². The first kappa shape index (κ1) is 17.4. The molecule has 8 heteroatoms. The van der Waals surface area contributed by atoms with Crippen molar-refractivity contribution in [2.75, 3.05) is 13.3 Å². The smallest absolute Gasteiger partial charge is 0.216 e. The second-order valence-electron chi connectivity index (χ2n) is 5.27. The Morgan fingerprint density at radius 1 is 1.27 bits per heavy atom. The van der Waals surface area contributed by atoms with Crippen LogP contribution in [-0.4, -0.2) is 41.9 Å². The second kappa shape index (κ2) is 8.11.